The number of nitrogens with zero attached hydrogens (tertiary/aromatic N) is 2. The lowest BCUT2D eigenvalue weighted by atomic mass is 9.94. The molecule has 21 heavy (non-hydrogen) atoms. The molecule has 0 bridgehead atoms. The van der Waals surface area contributed by atoms with Gasteiger partial charge in [-0.3, -0.25) is 14.5 Å². The molecule has 0 aromatic heterocycles. The Morgan fingerprint density at radius 3 is 2.67 bits per heavy atom. The molecule has 0 aromatic carbocycles. The van der Waals surface area contributed by atoms with Crippen molar-refractivity contribution in [3.8, 4) is 0 Å². The molecule has 2 aliphatic rings. The molecular weight excluding hydrogens is 268 g/mol. The van der Waals surface area contributed by atoms with E-state index in [0.717, 1.165) is 38.9 Å². The van der Waals surface area contributed by atoms with Gasteiger partial charge in [-0.25, -0.2) is 0 Å². The minimum Gasteiger partial charge on any atom is -0.465 e. The number of amides is 1. The van der Waals surface area contributed by atoms with Gasteiger partial charge in [-0.15, -0.1) is 0 Å². The smallest absolute Gasteiger partial charge is 0.320 e. The van der Waals surface area contributed by atoms with Crippen LogP contribution in [0.3, 0.4) is 0 Å². The van der Waals surface area contributed by atoms with Crippen LogP contribution >= 0.6 is 0 Å². The monoisotopic (exact) mass is 296 g/mol. The molecular formula is C16H28N2O3. The first-order chi connectivity index (χ1) is 10.2. The minimum absolute atomic E-state index is 0.143. The van der Waals surface area contributed by atoms with E-state index in [1.807, 2.05) is 11.8 Å². The van der Waals surface area contributed by atoms with Crippen LogP contribution in [-0.2, 0) is 14.3 Å². The predicted octanol–water partition coefficient (Wildman–Crippen LogP) is 1.81. The number of likely N-dealkylation sites (tertiary alicyclic amines) is 1. The number of rotatable bonds is 7. The van der Waals surface area contributed by atoms with Crippen molar-refractivity contribution in [2.75, 3.05) is 32.8 Å². The van der Waals surface area contributed by atoms with Gasteiger partial charge in [0.2, 0.25) is 5.91 Å². The van der Waals surface area contributed by atoms with Gasteiger partial charge in [-0.1, -0.05) is 19.3 Å². The van der Waals surface area contributed by atoms with Crippen molar-refractivity contribution in [1.82, 2.24) is 9.80 Å². The number of hydrogen-bond donors (Lipinski definition) is 0. The van der Waals surface area contributed by atoms with Crippen molar-refractivity contribution in [2.45, 2.75) is 57.9 Å². The number of hydrogen-bond acceptors (Lipinski definition) is 4. The fraction of sp³-hybridized carbons (Fsp3) is 0.875. The Kier molecular flexibility index (Phi) is 6.49. The number of ether oxygens (including phenoxy) is 1. The zero-order valence-corrected chi connectivity index (χ0v) is 13.2. The van der Waals surface area contributed by atoms with Crippen LogP contribution < -0.4 is 0 Å². The Morgan fingerprint density at radius 2 is 2.05 bits per heavy atom. The Bertz CT molecular complexity index is 353. The molecule has 0 radical (unpaired) electrons. The molecule has 1 amide bonds. The molecule has 2 rings (SSSR count). The van der Waals surface area contributed by atoms with Crippen LogP contribution in [0.15, 0.2) is 0 Å². The highest BCUT2D eigenvalue weighted by Crippen LogP contribution is 2.22. The second-order valence-corrected chi connectivity index (χ2v) is 6.05. The highest BCUT2D eigenvalue weighted by Gasteiger charge is 2.26. The van der Waals surface area contributed by atoms with Crippen molar-refractivity contribution < 1.29 is 14.3 Å². The van der Waals surface area contributed by atoms with E-state index in [-0.39, 0.29) is 11.9 Å². The fourth-order valence-corrected chi connectivity index (χ4v) is 3.40. The third-order valence-corrected chi connectivity index (χ3v) is 4.56. The van der Waals surface area contributed by atoms with Gasteiger partial charge >= 0.3 is 5.97 Å². The van der Waals surface area contributed by atoms with Gasteiger partial charge in [0, 0.05) is 32.1 Å². The zero-order chi connectivity index (χ0) is 15.1. The van der Waals surface area contributed by atoms with E-state index in [9.17, 15) is 9.59 Å². The van der Waals surface area contributed by atoms with Gasteiger partial charge in [0.1, 0.15) is 0 Å². The summed E-state index contributed by atoms with van der Waals surface area (Å²) in [7, 11) is 0. The largest absolute Gasteiger partial charge is 0.465 e. The average Bonchev–Trinajstić information content (AvgIpc) is 2.90. The van der Waals surface area contributed by atoms with Gasteiger partial charge in [-0.05, 0) is 26.2 Å². The Balaban J connectivity index is 1.87. The lowest BCUT2D eigenvalue weighted by Crippen LogP contribution is -2.45. The molecule has 0 unspecified atom stereocenters. The van der Waals surface area contributed by atoms with Gasteiger partial charge in [-0.2, -0.15) is 0 Å². The van der Waals surface area contributed by atoms with Gasteiger partial charge in [0.05, 0.1) is 13.2 Å². The third kappa shape index (κ3) is 4.99. The van der Waals surface area contributed by atoms with Crippen molar-refractivity contribution in [2.24, 2.45) is 0 Å². The summed E-state index contributed by atoms with van der Waals surface area (Å²) in [6.45, 7) is 5.04. The summed E-state index contributed by atoms with van der Waals surface area (Å²) in [5, 5.41) is 0. The Labute approximate surface area is 127 Å². The average molecular weight is 296 g/mol. The first-order valence-electron chi connectivity index (χ1n) is 8.38. The fourth-order valence-electron chi connectivity index (χ4n) is 3.40. The molecule has 0 N–H and O–H groups in total. The number of esters is 1. The SMILES string of the molecule is CCOC(=O)CN(CCN1CCCC1=O)C1CCCCC1. The van der Waals surface area contributed by atoms with E-state index in [2.05, 4.69) is 4.90 Å². The van der Waals surface area contributed by atoms with Crippen LogP contribution in [0.1, 0.15) is 51.9 Å². The maximum Gasteiger partial charge on any atom is 0.320 e. The van der Waals surface area contributed by atoms with Crippen LogP contribution in [0.25, 0.3) is 0 Å². The molecule has 0 atom stereocenters. The predicted molar refractivity (Wildman–Crippen MR) is 80.9 cm³/mol. The number of carbonyl (C=O) groups is 2. The molecule has 1 heterocycles. The molecule has 5 nitrogen and oxygen atoms in total. The van der Waals surface area contributed by atoms with E-state index in [1.165, 1.54) is 19.3 Å². The summed E-state index contributed by atoms with van der Waals surface area (Å²) in [5.74, 6) is 0.116. The highest BCUT2D eigenvalue weighted by atomic mass is 16.5. The zero-order valence-electron chi connectivity index (χ0n) is 13.2. The second kappa shape index (κ2) is 8.37. The van der Waals surface area contributed by atoms with E-state index in [0.29, 0.717) is 25.6 Å². The van der Waals surface area contributed by atoms with E-state index < -0.39 is 0 Å². The second-order valence-electron chi connectivity index (χ2n) is 6.05. The number of carbonyl (C=O) groups excluding carboxylic acids is 2. The summed E-state index contributed by atoms with van der Waals surface area (Å²) in [5.41, 5.74) is 0. The highest BCUT2D eigenvalue weighted by molar-refractivity contribution is 5.78. The first-order valence-corrected chi connectivity index (χ1v) is 8.38. The van der Waals surface area contributed by atoms with Gasteiger partial charge in [0.15, 0.2) is 0 Å². The normalized spacial score (nSPS) is 20.3. The summed E-state index contributed by atoms with van der Waals surface area (Å²) in [6.07, 6.45) is 7.76. The molecule has 5 heteroatoms. The molecule has 1 saturated heterocycles. The molecule has 0 aromatic rings. The lowest BCUT2D eigenvalue weighted by Gasteiger charge is -2.34. The maximum atomic E-state index is 11.8. The Morgan fingerprint density at radius 1 is 1.29 bits per heavy atom. The maximum absolute atomic E-state index is 11.8. The molecule has 0 spiro atoms. The van der Waals surface area contributed by atoms with E-state index in [4.69, 9.17) is 4.74 Å². The summed E-state index contributed by atoms with van der Waals surface area (Å²) >= 11 is 0. The quantitative estimate of drug-likeness (QED) is 0.672. The topological polar surface area (TPSA) is 49.9 Å². The van der Waals surface area contributed by atoms with Crippen LogP contribution in [0.4, 0.5) is 0 Å². The van der Waals surface area contributed by atoms with Gasteiger partial charge in [0.25, 0.3) is 0 Å². The van der Waals surface area contributed by atoms with Crippen LogP contribution in [0.5, 0.6) is 0 Å². The Hall–Kier alpha value is -1.10. The van der Waals surface area contributed by atoms with Crippen LogP contribution in [-0.4, -0.2) is 60.5 Å². The molecule has 1 saturated carbocycles. The summed E-state index contributed by atoms with van der Waals surface area (Å²) in [4.78, 5) is 27.7. The third-order valence-electron chi connectivity index (χ3n) is 4.56. The molecule has 1 aliphatic carbocycles. The molecule has 2 fully saturated rings. The standard InChI is InChI=1S/C16H28N2O3/c1-2-21-16(20)13-18(14-7-4-3-5-8-14)12-11-17-10-6-9-15(17)19/h14H,2-13H2,1H3. The lowest BCUT2D eigenvalue weighted by molar-refractivity contribution is -0.145. The molecule has 1 aliphatic heterocycles. The van der Waals surface area contributed by atoms with Gasteiger partial charge < -0.3 is 9.64 Å². The van der Waals surface area contributed by atoms with E-state index >= 15 is 0 Å². The first kappa shape index (κ1) is 16.3. The van der Waals surface area contributed by atoms with E-state index in [1.54, 1.807) is 0 Å². The summed E-state index contributed by atoms with van der Waals surface area (Å²) in [6, 6.07) is 0.473. The van der Waals surface area contributed by atoms with Crippen molar-refractivity contribution in [1.29, 1.82) is 0 Å². The van der Waals surface area contributed by atoms with Crippen LogP contribution in [0, 0.1) is 0 Å². The van der Waals surface area contributed by atoms with Crippen molar-refractivity contribution in [3.05, 3.63) is 0 Å². The minimum atomic E-state index is -0.143. The summed E-state index contributed by atoms with van der Waals surface area (Å²) < 4.78 is 5.09. The van der Waals surface area contributed by atoms with Crippen molar-refractivity contribution in [3.63, 3.8) is 0 Å². The molecule has 120 valence electrons. The van der Waals surface area contributed by atoms with Crippen LogP contribution in [0.2, 0.25) is 0 Å². The van der Waals surface area contributed by atoms with Crippen molar-refractivity contribution >= 4 is 11.9 Å².